The third-order valence-electron chi connectivity index (χ3n) is 4.26. The van der Waals surface area contributed by atoms with E-state index in [2.05, 4.69) is 22.7 Å². The highest BCUT2D eigenvalue weighted by Gasteiger charge is 2.36. The third kappa shape index (κ3) is 7.29. The molecule has 0 aliphatic heterocycles. The van der Waals surface area contributed by atoms with Gasteiger partial charge in [-0.1, -0.05) is 36.4 Å². The van der Waals surface area contributed by atoms with Crippen molar-refractivity contribution in [2.75, 3.05) is 13.5 Å². The Morgan fingerprint density at radius 2 is 1.72 bits per heavy atom. The minimum Gasteiger partial charge on any atom is -0.504 e. The number of phenols is 2. The molecule has 6 N–H and O–H groups in total. The Labute approximate surface area is 175 Å². The van der Waals surface area contributed by atoms with Gasteiger partial charge < -0.3 is 26.0 Å². The summed E-state index contributed by atoms with van der Waals surface area (Å²) < 4.78 is 4.78. The van der Waals surface area contributed by atoms with Crippen LogP contribution in [-0.2, 0) is 27.2 Å². The number of amides is 1. The lowest BCUT2D eigenvalue weighted by Crippen LogP contribution is -2.78. The number of methoxy groups -OCH3 is 1. The van der Waals surface area contributed by atoms with Crippen molar-refractivity contribution in [2.24, 2.45) is 0 Å². The smallest absolute Gasteiger partial charge is 0.328 e. The Morgan fingerprint density at radius 1 is 1.10 bits per heavy atom. The van der Waals surface area contributed by atoms with E-state index in [9.17, 15) is 19.8 Å². The largest absolute Gasteiger partial charge is 0.504 e. The van der Waals surface area contributed by atoms with E-state index in [0.717, 1.165) is 5.56 Å². The van der Waals surface area contributed by atoms with Crippen LogP contribution in [0.3, 0.4) is 0 Å². The van der Waals surface area contributed by atoms with E-state index in [1.54, 1.807) is 13.0 Å². The topological polar surface area (TPSA) is 124 Å². The van der Waals surface area contributed by atoms with E-state index in [-0.39, 0.29) is 23.8 Å². The number of rotatable bonds is 7. The summed E-state index contributed by atoms with van der Waals surface area (Å²) in [7, 11) is 1.24. The van der Waals surface area contributed by atoms with Gasteiger partial charge in [0.2, 0.25) is 0 Å². The molecule has 0 aliphatic carbocycles. The van der Waals surface area contributed by atoms with Crippen molar-refractivity contribution in [2.45, 2.75) is 31.3 Å². The van der Waals surface area contributed by atoms with E-state index in [1.807, 2.05) is 30.3 Å². The minimum atomic E-state index is -0.981. The molecule has 0 radical (unpaired) electrons. The number of hydrogen-bond donors (Lipinski definition) is 4. The number of carbonyl (C=O) groups excluding carboxylic acids is 2. The van der Waals surface area contributed by atoms with Gasteiger partial charge in [0.15, 0.2) is 17.0 Å². The number of ether oxygens (including phenoxy) is 1. The maximum absolute atomic E-state index is 12.7. The lowest BCUT2D eigenvalue weighted by molar-refractivity contribution is -0.451. The molecule has 0 saturated heterocycles. The minimum absolute atomic E-state index is 0.105. The van der Waals surface area contributed by atoms with Crippen LogP contribution in [0.2, 0.25) is 0 Å². The van der Waals surface area contributed by atoms with Crippen LogP contribution in [0, 0.1) is 0 Å². The lowest BCUT2D eigenvalue weighted by Gasteiger charge is -2.24. The van der Waals surface area contributed by atoms with Gasteiger partial charge in [0.25, 0.3) is 5.91 Å². The summed E-state index contributed by atoms with van der Waals surface area (Å²) in [6.07, 6.45) is 1.99. The highest BCUT2D eigenvalue weighted by molar-refractivity contribution is 6.15. The molecule has 2 atom stereocenters. The fraction of sp³-hybridized carbons (Fsp3) is 0.333. The molecule has 2 aromatic carbocycles. The van der Waals surface area contributed by atoms with Crippen LogP contribution < -0.4 is 11.1 Å². The molecule has 29 heavy (non-hydrogen) atoms. The number of quaternary nitrogens is 1. The lowest BCUT2D eigenvalue weighted by atomic mass is 9.92. The van der Waals surface area contributed by atoms with Gasteiger partial charge in [-0.05, 0) is 23.3 Å². The van der Waals surface area contributed by atoms with Crippen molar-refractivity contribution < 1.29 is 30.3 Å². The Balaban J connectivity index is 0.00000204. The van der Waals surface area contributed by atoms with Gasteiger partial charge in [0, 0.05) is 26.1 Å². The van der Waals surface area contributed by atoms with Gasteiger partial charge in [-0.15, -0.1) is 11.6 Å². The Kier molecular flexibility index (Phi) is 9.44. The number of hydrogen-bond acceptors (Lipinski definition) is 5. The molecule has 2 aromatic rings. The van der Waals surface area contributed by atoms with Crippen molar-refractivity contribution >= 4 is 23.5 Å². The van der Waals surface area contributed by atoms with Crippen LogP contribution in [0.4, 0.5) is 0 Å². The van der Waals surface area contributed by atoms with E-state index in [1.165, 1.54) is 25.6 Å². The Morgan fingerprint density at radius 3 is 2.28 bits per heavy atom. The number of nitrogens with one attached hydrogen (secondary N) is 1. The Bertz CT molecular complexity index is 812. The fourth-order valence-electron chi connectivity index (χ4n) is 2.73. The van der Waals surface area contributed by atoms with E-state index < -0.39 is 17.6 Å². The van der Waals surface area contributed by atoms with Crippen molar-refractivity contribution in [1.29, 1.82) is 0 Å². The third-order valence-corrected chi connectivity index (χ3v) is 4.26. The molecule has 1 unspecified atom stereocenters. The molecule has 0 heterocycles. The normalized spacial score (nSPS) is 13.3. The van der Waals surface area contributed by atoms with Gasteiger partial charge in [-0.25, -0.2) is 4.79 Å². The maximum atomic E-state index is 12.7. The first-order valence-electron chi connectivity index (χ1n) is 8.89. The molecule has 7 nitrogen and oxygen atoms in total. The summed E-state index contributed by atoms with van der Waals surface area (Å²) in [5.41, 5.74) is 4.54. The van der Waals surface area contributed by atoms with Crippen LogP contribution in [0.25, 0.3) is 0 Å². The number of phenolic OH excluding ortho intramolecular Hbond substituents is 2. The van der Waals surface area contributed by atoms with Crippen molar-refractivity contribution in [3.63, 3.8) is 0 Å². The first kappa shape index (κ1) is 24.3. The Hall–Kier alpha value is -2.77. The summed E-state index contributed by atoms with van der Waals surface area (Å²) >= 11 is 4.64. The fourth-order valence-corrected chi connectivity index (χ4v) is 2.73. The van der Waals surface area contributed by atoms with Gasteiger partial charge in [-0.2, -0.15) is 0 Å². The summed E-state index contributed by atoms with van der Waals surface area (Å²) in [4.78, 5) is 24.9. The van der Waals surface area contributed by atoms with E-state index >= 15 is 0 Å². The first-order valence-corrected chi connectivity index (χ1v) is 9.65. The predicted octanol–water partition coefficient (Wildman–Crippen LogP) is 1.40. The van der Waals surface area contributed by atoms with Gasteiger partial charge in [-0.3, -0.25) is 4.79 Å². The molecule has 8 heteroatoms. The first-order chi connectivity index (χ1) is 13.7. The summed E-state index contributed by atoms with van der Waals surface area (Å²) in [5, 5.41) is 21.7. The van der Waals surface area contributed by atoms with Crippen LogP contribution >= 0.6 is 11.6 Å². The number of alkyl halides is 1. The van der Waals surface area contributed by atoms with Crippen LogP contribution in [0.5, 0.6) is 11.5 Å². The zero-order chi connectivity index (χ0) is 22.0. The molecule has 158 valence electrons. The maximum Gasteiger partial charge on any atom is 0.328 e. The number of benzene rings is 2. The number of carbonyl (C=O) groups is 2. The molecule has 0 aliphatic rings. The van der Waals surface area contributed by atoms with Crippen LogP contribution in [-0.4, -0.2) is 47.2 Å². The van der Waals surface area contributed by atoms with Gasteiger partial charge in [0.05, 0.1) is 7.11 Å². The molecule has 0 aromatic heterocycles. The molecule has 1 amide bonds. The molecular formula is C21H28ClN2O5+. The summed E-state index contributed by atoms with van der Waals surface area (Å²) in [6, 6.07) is 12.8. The van der Waals surface area contributed by atoms with Gasteiger partial charge in [0.1, 0.15) is 6.04 Å². The standard InChI is InChI=1S/C20H24N2O5.CH3Cl/c1-20(21,12-13-6-4-3-5-7-13)19(26)22-15(18(25)27-2)10-14-8-9-16(23)17(24)11-14;1-2/h3-9,11,15,23-24H,10,12,21H2,1-2H3,(H,22,26);1H3/p+1/t15?,20-;/m0./s1. The number of aromatic hydroxyl groups is 2. The molecule has 0 spiro atoms. The molecule has 0 bridgehead atoms. The van der Waals surface area contributed by atoms with Crippen LogP contribution in [0.15, 0.2) is 48.5 Å². The SMILES string of the molecule is CCl.COC(=O)C(Cc1ccc(O)c(O)c1)NC(=O)[C@@](C)([NH3+])Cc1ccccc1. The second-order valence-electron chi connectivity index (χ2n) is 6.80. The quantitative estimate of drug-likeness (QED) is 0.304. The van der Waals surface area contributed by atoms with Crippen LogP contribution in [0.1, 0.15) is 18.1 Å². The van der Waals surface area contributed by atoms with Crippen molar-refractivity contribution in [3.8, 4) is 11.5 Å². The second-order valence-corrected chi connectivity index (χ2v) is 6.80. The van der Waals surface area contributed by atoms with Gasteiger partial charge >= 0.3 is 5.97 Å². The van der Waals surface area contributed by atoms with E-state index in [4.69, 9.17) is 4.74 Å². The zero-order valence-electron chi connectivity index (χ0n) is 16.8. The monoisotopic (exact) mass is 423 g/mol. The second kappa shape index (κ2) is 11.3. The summed E-state index contributed by atoms with van der Waals surface area (Å²) in [5.74, 6) is -1.55. The molecule has 0 saturated carbocycles. The highest BCUT2D eigenvalue weighted by Crippen LogP contribution is 2.25. The predicted molar refractivity (Wildman–Crippen MR) is 111 cm³/mol. The summed E-state index contributed by atoms with van der Waals surface area (Å²) in [6.45, 7) is 1.70. The average Bonchev–Trinajstić information content (AvgIpc) is 2.71. The van der Waals surface area contributed by atoms with Crippen molar-refractivity contribution in [1.82, 2.24) is 5.32 Å². The number of esters is 1. The van der Waals surface area contributed by atoms with Crippen molar-refractivity contribution in [3.05, 3.63) is 59.7 Å². The highest BCUT2D eigenvalue weighted by atomic mass is 35.5. The average molecular weight is 424 g/mol. The molecule has 2 rings (SSSR count). The molecule has 0 fully saturated rings. The number of halogens is 1. The molecular weight excluding hydrogens is 396 g/mol. The van der Waals surface area contributed by atoms with E-state index in [0.29, 0.717) is 12.0 Å². The zero-order valence-corrected chi connectivity index (χ0v) is 17.6.